The fourth-order valence-electron chi connectivity index (χ4n) is 2.53. The molecular formula is C12H22N2O3. The topological polar surface area (TPSA) is 59.6 Å². The fourth-order valence-corrected chi connectivity index (χ4v) is 2.53. The van der Waals surface area contributed by atoms with Crippen LogP contribution in [0.15, 0.2) is 0 Å². The molecule has 0 radical (unpaired) electrons. The number of ether oxygens (including phenoxy) is 2. The SMILES string of the molecule is CC(C)(C)OC(=O)NC12CNCC1CCOC2. The van der Waals surface area contributed by atoms with E-state index in [0.29, 0.717) is 12.5 Å². The number of nitrogens with one attached hydrogen (secondary N) is 2. The van der Waals surface area contributed by atoms with Gasteiger partial charge in [0.2, 0.25) is 0 Å². The van der Waals surface area contributed by atoms with E-state index in [1.807, 2.05) is 20.8 Å². The molecule has 0 aliphatic carbocycles. The number of hydrogen-bond donors (Lipinski definition) is 2. The number of rotatable bonds is 1. The number of carbonyl (C=O) groups excluding carboxylic acids is 1. The number of carbonyl (C=O) groups is 1. The van der Waals surface area contributed by atoms with Crippen LogP contribution in [0, 0.1) is 5.92 Å². The molecule has 17 heavy (non-hydrogen) atoms. The first-order chi connectivity index (χ1) is 7.91. The molecule has 5 heteroatoms. The molecule has 0 bridgehead atoms. The average Bonchev–Trinajstić information content (AvgIpc) is 2.57. The molecule has 1 amide bonds. The van der Waals surface area contributed by atoms with Crippen molar-refractivity contribution < 1.29 is 14.3 Å². The summed E-state index contributed by atoms with van der Waals surface area (Å²) in [5.41, 5.74) is -0.738. The van der Waals surface area contributed by atoms with Crippen LogP contribution in [-0.2, 0) is 9.47 Å². The van der Waals surface area contributed by atoms with Crippen LogP contribution in [-0.4, -0.2) is 43.5 Å². The van der Waals surface area contributed by atoms with E-state index in [1.54, 1.807) is 0 Å². The average molecular weight is 242 g/mol. The minimum atomic E-state index is -0.461. The van der Waals surface area contributed by atoms with E-state index in [4.69, 9.17) is 9.47 Å². The standard InChI is InChI=1S/C12H22N2O3/c1-11(2,3)17-10(15)14-12-7-13-6-9(12)4-5-16-8-12/h9,13H,4-8H2,1-3H3,(H,14,15). The lowest BCUT2D eigenvalue weighted by atomic mass is 9.84. The van der Waals surface area contributed by atoms with Gasteiger partial charge in [-0.2, -0.15) is 0 Å². The van der Waals surface area contributed by atoms with Gasteiger partial charge in [0, 0.05) is 25.6 Å². The Morgan fingerprint density at radius 3 is 3.00 bits per heavy atom. The first kappa shape index (κ1) is 12.6. The molecule has 2 aliphatic rings. The molecule has 2 rings (SSSR count). The van der Waals surface area contributed by atoms with Gasteiger partial charge in [0.1, 0.15) is 5.60 Å². The molecule has 0 spiro atoms. The molecule has 2 heterocycles. The van der Waals surface area contributed by atoms with Crippen LogP contribution >= 0.6 is 0 Å². The monoisotopic (exact) mass is 242 g/mol. The van der Waals surface area contributed by atoms with E-state index in [-0.39, 0.29) is 11.6 Å². The zero-order valence-corrected chi connectivity index (χ0v) is 10.8. The van der Waals surface area contributed by atoms with Gasteiger partial charge in [-0.15, -0.1) is 0 Å². The van der Waals surface area contributed by atoms with Crippen molar-refractivity contribution in [2.24, 2.45) is 5.92 Å². The lowest BCUT2D eigenvalue weighted by Gasteiger charge is -2.39. The quantitative estimate of drug-likeness (QED) is 0.717. The smallest absolute Gasteiger partial charge is 0.408 e. The molecule has 0 saturated carbocycles. The van der Waals surface area contributed by atoms with Crippen LogP contribution in [0.1, 0.15) is 27.2 Å². The first-order valence-corrected chi connectivity index (χ1v) is 6.21. The Kier molecular flexibility index (Phi) is 3.32. The van der Waals surface area contributed by atoms with Crippen molar-refractivity contribution in [1.82, 2.24) is 10.6 Å². The van der Waals surface area contributed by atoms with Crippen LogP contribution in [0.5, 0.6) is 0 Å². The Bertz CT molecular complexity index is 301. The lowest BCUT2D eigenvalue weighted by molar-refractivity contribution is -0.00891. The predicted octanol–water partition coefficient (Wildman–Crippen LogP) is 0.890. The molecule has 2 atom stereocenters. The molecule has 2 aliphatic heterocycles. The highest BCUT2D eigenvalue weighted by Crippen LogP contribution is 2.29. The van der Waals surface area contributed by atoms with Gasteiger partial charge in [-0.1, -0.05) is 0 Å². The zero-order valence-electron chi connectivity index (χ0n) is 10.8. The van der Waals surface area contributed by atoms with E-state index >= 15 is 0 Å². The second kappa shape index (κ2) is 4.46. The van der Waals surface area contributed by atoms with Crippen LogP contribution < -0.4 is 10.6 Å². The number of alkyl carbamates (subject to hydrolysis) is 1. The van der Waals surface area contributed by atoms with E-state index in [0.717, 1.165) is 26.1 Å². The Labute approximate surface area is 102 Å². The molecule has 5 nitrogen and oxygen atoms in total. The van der Waals surface area contributed by atoms with Crippen LogP contribution in [0.3, 0.4) is 0 Å². The van der Waals surface area contributed by atoms with Crippen LogP contribution in [0.4, 0.5) is 4.79 Å². The molecule has 0 aromatic rings. The summed E-state index contributed by atoms with van der Waals surface area (Å²) in [6.45, 7) is 8.66. The summed E-state index contributed by atoms with van der Waals surface area (Å²) in [6.07, 6.45) is 0.639. The fraction of sp³-hybridized carbons (Fsp3) is 0.917. The number of fused-ring (bicyclic) bond motifs is 1. The van der Waals surface area contributed by atoms with E-state index < -0.39 is 5.60 Å². The lowest BCUT2D eigenvalue weighted by Crippen LogP contribution is -2.60. The molecule has 0 aromatic heterocycles. The van der Waals surface area contributed by atoms with Crippen LogP contribution in [0.2, 0.25) is 0 Å². The van der Waals surface area contributed by atoms with Gasteiger partial charge in [0.15, 0.2) is 0 Å². The Balaban J connectivity index is 1.98. The molecule has 98 valence electrons. The molecule has 2 fully saturated rings. The van der Waals surface area contributed by atoms with Crippen molar-refractivity contribution in [2.45, 2.75) is 38.3 Å². The first-order valence-electron chi connectivity index (χ1n) is 6.21. The maximum atomic E-state index is 11.8. The summed E-state index contributed by atoms with van der Waals surface area (Å²) in [6, 6.07) is 0. The Morgan fingerprint density at radius 2 is 2.29 bits per heavy atom. The summed E-state index contributed by atoms with van der Waals surface area (Å²) in [5.74, 6) is 0.448. The minimum Gasteiger partial charge on any atom is -0.444 e. The normalized spacial score (nSPS) is 33.0. The van der Waals surface area contributed by atoms with Gasteiger partial charge in [0.25, 0.3) is 0 Å². The summed E-state index contributed by atoms with van der Waals surface area (Å²) >= 11 is 0. The van der Waals surface area contributed by atoms with Crippen molar-refractivity contribution in [3.63, 3.8) is 0 Å². The third kappa shape index (κ3) is 2.90. The van der Waals surface area contributed by atoms with Crippen molar-refractivity contribution in [3.8, 4) is 0 Å². The number of amides is 1. The number of hydrogen-bond acceptors (Lipinski definition) is 4. The van der Waals surface area contributed by atoms with Crippen molar-refractivity contribution >= 4 is 6.09 Å². The molecule has 0 aromatic carbocycles. The maximum absolute atomic E-state index is 11.8. The van der Waals surface area contributed by atoms with Crippen molar-refractivity contribution in [2.75, 3.05) is 26.3 Å². The highest BCUT2D eigenvalue weighted by Gasteiger charge is 2.46. The van der Waals surface area contributed by atoms with Gasteiger partial charge in [-0.05, 0) is 27.2 Å². The second-order valence-corrected chi connectivity index (χ2v) is 5.95. The van der Waals surface area contributed by atoms with E-state index in [1.165, 1.54) is 0 Å². The van der Waals surface area contributed by atoms with Gasteiger partial charge < -0.3 is 20.1 Å². The van der Waals surface area contributed by atoms with Crippen molar-refractivity contribution in [3.05, 3.63) is 0 Å². The van der Waals surface area contributed by atoms with Gasteiger partial charge in [0.05, 0.1) is 12.1 Å². The van der Waals surface area contributed by atoms with E-state index in [2.05, 4.69) is 10.6 Å². The zero-order chi connectivity index (χ0) is 12.5. The molecular weight excluding hydrogens is 220 g/mol. The van der Waals surface area contributed by atoms with E-state index in [9.17, 15) is 4.79 Å². The Hall–Kier alpha value is -0.810. The molecule has 2 N–H and O–H groups in total. The maximum Gasteiger partial charge on any atom is 0.408 e. The third-order valence-corrected chi connectivity index (χ3v) is 3.33. The Morgan fingerprint density at radius 1 is 1.53 bits per heavy atom. The highest BCUT2D eigenvalue weighted by molar-refractivity contribution is 5.69. The summed E-state index contributed by atoms with van der Waals surface area (Å²) in [4.78, 5) is 11.8. The van der Waals surface area contributed by atoms with Gasteiger partial charge >= 0.3 is 6.09 Å². The predicted molar refractivity (Wildman–Crippen MR) is 63.9 cm³/mol. The van der Waals surface area contributed by atoms with Gasteiger partial charge in [-0.25, -0.2) is 4.79 Å². The highest BCUT2D eigenvalue weighted by atomic mass is 16.6. The third-order valence-electron chi connectivity index (χ3n) is 3.33. The summed E-state index contributed by atoms with van der Waals surface area (Å²) in [5, 5.41) is 6.33. The summed E-state index contributed by atoms with van der Waals surface area (Å²) in [7, 11) is 0. The van der Waals surface area contributed by atoms with Crippen LogP contribution in [0.25, 0.3) is 0 Å². The van der Waals surface area contributed by atoms with Crippen molar-refractivity contribution in [1.29, 1.82) is 0 Å². The minimum absolute atomic E-state index is 0.277. The largest absolute Gasteiger partial charge is 0.444 e. The second-order valence-electron chi connectivity index (χ2n) is 5.95. The molecule has 2 saturated heterocycles. The van der Waals surface area contributed by atoms with Gasteiger partial charge in [-0.3, -0.25) is 0 Å². The summed E-state index contributed by atoms with van der Waals surface area (Å²) < 4.78 is 10.8. The molecule has 2 unspecified atom stereocenters.